The lowest BCUT2D eigenvalue weighted by Gasteiger charge is -2.34. The molecule has 1 aliphatic heterocycles. The first-order valence-electron chi connectivity index (χ1n) is 8.28. The molecule has 10 heteroatoms. The molecule has 1 amide bonds. The van der Waals surface area contributed by atoms with Crippen molar-refractivity contribution in [2.24, 2.45) is 0 Å². The normalized spacial score (nSPS) is 15.4. The average Bonchev–Trinajstić information content (AvgIpc) is 2.67. The average molecular weight is 443 g/mol. The molecule has 1 saturated heterocycles. The second-order valence-corrected chi connectivity index (χ2v) is 8.82. The summed E-state index contributed by atoms with van der Waals surface area (Å²) in [5, 5.41) is 9.02. The summed E-state index contributed by atoms with van der Waals surface area (Å²) in [6.45, 7) is 0.591. The number of carboxylic acid groups (broad SMARTS) is 1. The van der Waals surface area contributed by atoms with Gasteiger partial charge in [-0.25, -0.2) is 13.2 Å². The summed E-state index contributed by atoms with van der Waals surface area (Å²) in [5.74, 6) is -1.36. The van der Waals surface area contributed by atoms with Crippen LogP contribution >= 0.6 is 23.2 Å². The Morgan fingerprint density at radius 3 is 1.86 bits per heavy atom. The minimum absolute atomic E-state index is 0.0459. The molecule has 0 saturated carbocycles. The highest BCUT2D eigenvalue weighted by atomic mass is 35.5. The van der Waals surface area contributed by atoms with E-state index in [0.29, 0.717) is 5.56 Å². The number of aromatic carboxylic acids is 1. The summed E-state index contributed by atoms with van der Waals surface area (Å²) in [6, 6.07) is 10.1. The van der Waals surface area contributed by atoms with Crippen LogP contribution in [0.5, 0.6) is 0 Å². The van der Waals surface area contributed by atoms with E-state index in [1.165, 1.54) is 45.6 Å². The second kappa shape index (κ2) is 8.08. The topological polar surface area (TPSA) is 95.0 Å². The van der Waals surface area contributed by atoms with Gasteiger partial charge in [-0.2, -0.15) is 4.31 Å². The largest absolute Gasteiger partial charge is 0.478 e. The minimum Gasteiger partial charge on any atom is -0.478 e. The van der Waals surface area contributed by atoms with Gasteiger partial charge in [-0.1, -0.05) is 29.3 Å². The van der Waals surface area contributed by atoms with Crippen molar-refractivity contribution in [2.75, 3.05) is 26.2 Å². The number of carbonyl (C=O) groups excluding carboxylic acids is 1. The maximum absolute atomic E-state index is 12.9. The van der Waals surface area contributed by atoms with Crippen LogP contribution in [0.2, 0.25) is 10.0 Å². The van der Waals surface area contributed by atoms with Crippen LogP contribution in [0.1, 0.15) is 20.7 Å². The lowest BCUT2D eigenvalue weighted by Crippen LogP contribution is -2.50. The van der Waals surface area contributed by atoms with E-state index in [0.717, 1.165) is 0 Å². The molecule has 0 radical (unpaired) electrons. The molecule has 0 bridgehead atoms. The molecule has 1 aliphatic rings. The molecular formula is C18H16Cl2N2O5S. The molecule has 0 spiro atoms. The highest BCUT2D eigenvalue weighted by Crippen LogP contribution is 2.32. The zero-order valence-electron chi connectivity index (χ0n) is 14.5. The second-order valence-electron chi connectivity index (χ2n) is 6.13. The van der Waals surface area contributed by atoms with Crippen LogP contribution in [-0.4, -0.2) is 60.8 Å². The molecule has 0 aliphatic carbocycles. The summed E-state index contributed by atoms with van der Waals surface area (Å²) in [4.78, 5) is 24.9. The lowest BCUT2D eigenvalue weighted by atomic mass is 10.1. The van der Waals surface area contributed by atoms with Crippen molar-refractivity contribution in [3.63, 3.8) is 0 Å². The first kappa shape index (κ1) is 20.6. The third-order valence-electron chi connectivity index (χ3n) is 4.42. The molecule has 0 atom stereocenters. The number of nitrogens with zero attached hydrogens (tertiary/aromatic N) is 2. The van der Waals surface area contributed by atoms with Crippen LogP contribution in [-0.2, 0) is 10.0 Å². The summed E-state index contributed by atoms with van der Waals surface area (Å²) in [6.07, 6.45) is 0. The van der Waals surface area contributed by atoms with Crippen molar-refractivity contribution in [3.05, 3.63) is 63.6 Å². The molecular weight excluding hydrogens is 427 g/mol. The number of hydrogen-bond acceptors (Lipinski definition) is 4. The molecule has 7 nitrogen and oxygen atoms in total. The number of halogens is 2. The van der Waals surface area contributed by atoms with Crippen molar-refractivity contribution < 1.29 is 23.1 Å². The number of amides is 1. The number of carboxylic acids is 1. The Morgan fingerprint density at radius 2 is 1.36 bits per heavy atom. The summed E-state index contributed by atoms with van der Waals surface area (Å²) < 4.78 is 27.0. The van der Waals surface area contributed by atoms with Gasteiger partial charge in [-0.3, -0.25) is 4.79 Å². The molecule has 1 fully saturated rings. The van der Waals surface area contributed by atoms with Crippen LogP contribution in [0, 0.1) is 0 Å². The highest BCUT2D eigenvalue weighted by Gasteiger charge is 2.33. The van der Waals surface area contributed by atoms with Crippen molar-refractivity contribution in [2.45, 2.75) is 4.90 Å². The minimum atomic E-state index is -3.89. The smallest absolute Gasteiger partial charge is 0.335 e. The maximum atomic E-state index is 12.9. The highest BCUT2D eigenvalue weighted by molar-refractivity contribution is 7.89. The lowest BCUT2D eigenvalue weighted by molar-refractivity contribution is 0.0684. The van der Waals surface area contributed by atoms with Crippen molar-refractivity contribution in [3.8, 4) is 0 Å². The van der Waals surface area contributed by atoms with Crippen LogP contribution in [0.4, 0.5) is 0 Å². The van der Waals surface area contributed by atoms with Crippen molar-refractivity contribution in [1.82, 2.24) is 9.21 Å². The summed E-state index contributed by atoms with van der Waals surface area (Å²) in [5.41, 5.74) is 0.430. The van der Waals surface area contributed by atoms with E-state index < -0.39 is 16.0 Å². The van der Waals surface area contributed by atoms with Gasteiger partial charge < -0.3 is 10.0 Å². The van der Waals surface area contributed by atoms with Crippen LogP contribution in [0.25, 0.3) is 0 Å². The van der Waals surface area contributed by atoms with Gasteiger partial charge in [0, 0.05) is 31.7 Å². The van der Waals surface area contributed by atoms with E-state index >= 15 is 0 Å². The first-order chi connectivity index (χ1) is 13.2. The van der Waals surface area contributed by atoms with E-state index in [4.69, 9.17) is 28.3 Å². The third-order valence-corrected chi connectivity index (χ3v) is 7.28. The van der Waals surface area contributed by atoms with Crippen LogP contribution in [0.15, 0.2) is 47.4 Å². The molecule has 148 valence electrons. The van der Waals surface area contributed by atoms with E-state index in [1.807, 2.05) is 0 Å². The van der Waals surface area contributed by atoms with Crippen LogP contribution in [0.3, 0.4) is 0 Å². The molecule has 0 unspecified atom stereocenters. The van der Waals surface area contributed by atoms with E-state index in [9.17, 15) is 18.0 Å². The molecule has 28 heavy (non-hydrogen) atoms. The van der Waals surface area contributed by atoms with E-state index in [2.05, 4.69) is 0 Å². The van der Waals surface area contributed by atoms with Crippen LogP contribution < -0.4 is 0 Å². The number of rotatable bonds is 4. The predicted octanol–water partition coefficient (Wildman–Crippen LogP) is 2.84. The fraction of sp³-hybridized carbons (Fsp3) is 0.222. The van der Waals surface area contributed by atoms with E-state index in [1.54, 1.807) is 6.07 Å². The maximum Gasteiger partial charge on any atom is 0.335 e. The number of hydrogen-bond donors (Lipinski definition) is 1. The molecule has 1 heterocycles. The number of sulfonamides is 1. The summed E-state index contributed by atoms with van der Waals surface area (Å²) in [7, 11) is -3.89. The fourth-order valence-corrected chi connectivity index (χ4v) is 5.44. The van der Waals surface area contributed by atoms with Gasteiger partial charge >= 0.3 is 5.97 Å². The Balaban J connectivity index is 1.72. The molecule has 1 N–H and O–H groups in total. The summed E-state index contributed by atoms with van der Waals surface area (Å²) >= 11 is 12.1. The van der Waals surface area contributed by atoms with Gasteiger partial charge in [0.05, 0.1) is 15.6 Å². The predicted molar refractivity (Wildman–Crippen MR) is 105 cm³/mol. The first-order valence-corrected chi connectivity index (χ1v) is 10.5. The van der Waals surface area contributed by atoms with Gasteiger partial charge in [-0.15, -0.1) is 0 Å². The van der Waals surface area contributed by atoms with Gasteiger partial charge in [0.15, 0.2) is 0 Å². The molecule has 0 aromatic heterocycles. The SMILES string of the molecule is O=C(O)c1ccc(C(=O)N2CCN(S(=O)(=O)c3c(Cl)cccc3Cl)CC2)cc1. The fourth-order valence-electron chi connectivity index (χ4n) is 2.93. The van der Waals surface area contributed by atoms with Gasteiger partial charge in [-0.05, 0) is 36.4 Å². The monoisotopic (exact) mass is 442 g/mol. The van der Waals surface area contributed by atoms with Gasteiger partial charge in [0.1, 0.15) is 4.90 Å². The molecule has 2 aromatic carbocycles. The zero-order valence-corrected chi connectivity index (χ0v) is 16.8. The van der Waals surface area contributed by atoms with Crippen molar-refractivity contribution >= 4 is 45.1 Å². The Kier molecular flexibility index (Phi) is 5.95. The number of carbonyl (C=O) groups is 2. The van der Waals surface area contributed by atoms with E-state index in [-0.39, 0.29) is 52.6 Å². The number of piperazine rings is 1. The Hall–Kier alpha value is -2.13. The zero-order chi connectivity index (χ0) is 20.5. The molecule has 3 rings (SSSR count). The Bertz CT molecular complexity index is 997. The third kappa shape index (κ3) is 4.00. The molecule has 2 aromatic rings. The standard InChI is InChI=1S/C18H16Cl2N2O5S/c19-14-2-1-3-15(20)16(14)28(26,27)22-10-8-21(9-11-22)17(23)12-4-6-13(7-5-12)18(24)25/h1-7H,8-11H2,(H,24,25). The number of benzene rings is 2. The quantitative estimate of drug-likeness (QED) is 0.784. The Labute approximate surface area is 172 Å². The van der Waals surface area contributed by atoms with Gasteiger partial charge in [0.25, 0.3) is 5.91 Å². The Morgan fingerprint density at radius 1 is 0.857 bits per heavy atom. The van der Waals surface area contributed by atoms with Crippen molar-refractivity contribution in [1.29, 1.82) is 0 Å². The van der Waals surface area contributed by atoms with Gasteiger partial charge in [0.2, 0.25) is 10.0 Å².